The number of hydrazone groups is 1. The zero-order valence-corrected chi connectivity index (χ0v) is 15.3. The van der Waals surface area contributed by atoms with Gasteiger partial charge in [0.15, 0.2) is 0 Å². The molecule has 0 saturated carbocycles. The summed E-state index contributed by atoms with van der Waals surface area (Å²) in [6.45, 7) is 1.27. The average molecular weight is 419 g/mol. The third-order valence-corrected chi connectivity index (χ3v) is 3.88. The van der Waals surface area contributed by atoms with Crippen molar-refractivity contribution >= 4 is 39.6 Å². The number of nitro groups is 1. The van der Waals surface area contributed by atoms with Crippen LogP contribution in [0.5, 0.6) is 0 Å². The van der Waals surface area contributed by atoms with Crippen LogP contribution in [0, 0.1) is 17.0 Å². The topological polar surface area (TPSA) is 114 Å². The number of halogens is 1. The standard InChI is InChI=1S/C17H15BrN4O4/c1-11-2-5-13(8-15(11)22(25)26)17(24)19-10-16(23)21-20-9-12-3-6-14(18)7-4-12/h2-9H,10H2,1H3,(H,19,24)(H,21,23)/b20-9+. The number of hydrogen-bond acceptors (Lipinski definition) is 5. The van der Waals surface area contributed by atoms with Crippen molar-refractivity contribution in [2.24, 2.45) is 5.10 Å². The van der Waals surface area contributed by atoms with E-state index >= 15 is 0 Å². The lowest BCUT2D eigenvalue weighted by atomic mass is 10.1. The molecule has 0 aliphatic rings. The minimum absolute atomic E-state index is 0.105. The molecule has 0 fully saturated rings. The molecule has 0 heterocycles. The van der Waals surface area contributed by atoms with Gasteiger partial charge in [0.05, 0.1) is 17.7 Å². The van der Waals surface area contributed by atoms with Crippen LogP contribution >= 0.6 is 15.9 Å². The summed E-state index contributed by atoms with van der Waals surface area (Å²) in [5.74, 6) is -1.10. The minimum atomic E-state index is -0.583. The second-order valence-corrected chi connectivity index (χ2v) is 6.20. The zero-order chi connectivity index (χ0) is 19.1. The molecule has 134 valence electrons. The van der Waals surface area contributed by atoms with Crippen molar-refractivity contribution in [3.63, 3.8) is 0 Å². The van der Waals surface area contributed by atoms with Gasteiger partial charge in [-0.2, -0.15) is 5.10 Å². The second kappa shape index (κ2) is 8.86. The third kappa shape index (κ3) is 5.49. The fourth-order valence-electron chi connectivity index (χ4n) is 1.98. The first-order valence-corrected chi connectivity index (χ1v) is 8.27. The van der Waals surface area contributed by atoms with Gasteiger partial charge in [-0.1, -0.05) is 34.1 Å². The normalized spacial score (nSPS) is 10.5. The van der Waals surface area contributed by atoms with Gasteiger partial charge in [-0.15, -0.1) is 0 Å². The van der Waals surface area contributed by atoms with E-state index in [2.05, 4.69) is 31.8 Å². The molecular weight excluding hydrogens is 404 g/mol. The van der Waals surface area contributed by atoms with Crippen LogP contribution in [0.2, 0.25) is 0 Å². The van der Waals surface area contributed by atoms with Crippen molar-refractivity contribution < 1.29 is 14.5 Å². The lowest BCUT2D eigenvalue weighted by molar-refractivity contribution is -0.385. The third-order valence-electron chi connectivity index (χ3n) is 3.35. The number of rotatable bonds is 6. The molecule has 26 heavy (non-hydrogen) atoms. The maximum absolute atomic E-state index is 12.0. The van der Waals surface area contributed by atoms with Crippen LogP contribution < -0.4 is 10.7 Å². The van der Waals surface area contributed by atoms with Crippen molar-refractivity contribution in [1.29, 1.82) is 0 Å². The number of nitro benzene ring substituents is 1. The number of carbonyl (C=O) groups is 2. The minimum Gasteiger partial charge on any atom is -0.343 e. The van der Waals surface area contributed by atoms with Crippen molar-refractivity contribution in [3.8, 4) is 0 Å². The SMILES string of the molecule is Cc1ccc(C(=O)NCC(=O)N/N=C/c2ccc(Br)cc2)cc1[N+](=O)[O-]. The summed E-state index contributed by atoms with van der Waals surface area (Å²) in [7, 11) is 0. The Labute approximate surface area is 157 Å². The van der Waals surface area contributed by atoms with E-state index in [1.165, 1.54) is 24.4 Å². The van der Waals surface area contributed by atoms with Crippen molar-refractivity contribution in [2.75, 3.05) is 6.54 Å². The first-order chi connectivity index (χ1) is 12.4. The lowest BCUT2D eigenvalue weighted by Gasteiger charge is -2.05. The molecule has 2 aromatic rings. The molecule has 8 nitrogen and oxygen atoms in total. The number of aryl methyl sites for hydroxylation is 1. The van der Waals surface area contributed by atoms with Crippen molar-refractivity contribution in [1.82, 2.24) is 10.7 Å². The van der Waals surface area contributed by atoms with E-state index in [1.807, 2.05) is 24.3 Å². The number of nitrogens with zero attached hydrogens (tertiary/aromatic N) is 2. The van der Waals surface area contributed by atoms with Crippen LogP contribution in [0.1, 0.15) is 21.5 Å². The quantitative estimate of drug-likeness (QED) is 0.426. The summed E-state index contributed by atoms with van der Waals surface area (Å²) >= 11 is 3.31. The molecule has 0 bridgehead atoms. The van der Waals surface area contributed by atoms with E-state index in [-0.39, 0.29) is 17.8 Å². The number of amides is 2. The molecule has 0 radical (unpaired) electrons. The number of carbonyl (C=O) groups excluding carboxylic acids is 2. The first-order valence-electron chi connectivity index (χ1n) is 7.47. The van der Waals surface area contributed by atoms with Gasteiger partial charge in [0.2, 0.25) is 0 Å². The largest absolute Gasteiger partial charge is 0.343 e. The molecule has 2 aromatic carbocycles. The lowest BCUT2D eigenvalue weighted by Crippen LogP contribution is -2.34. The maximum Gasteiger partial charge on any atom is 0.273 e. The molecule has 0 aliphatic carbocycles. The van der Waals surface area contributed by atoms with Crippen molar-refractivity contribution in [3.05, 3.63) is 73.7 Å². The predicted octanol–water partition coefficient (Wildman–Crippen LogP) is 2.55. The molecule has 9 heteroatoms. The maximum atomic E-state index is 12.0. The number of hydrogen-bond donors (Lipinski definition) is 2. The number of nitrogens with one attached hydrogen (secondary N) is 2. The molecule has 0 spiro atoms. The van der Waals surface area contributed by atoms with Crippen LogP contribution in [0.15, 0.2) is 52.0 Å². The Morgan fingerprint density at radius 2 is 1.92 bits per heavy atom. The fraction of sp³-hybridized carbons (Fsp3) is 0.118. The summed E-state index contributed by atoms with van der Waals surface area (Å²) < 4.78 is 0.928. The summed E-state index contributed by atoms with van der Waals surface area (Å²) in [6.07, 6.45) is 1.47. The Bertz CT molecular complexity index is 866. The van der Waals surface area contributed by atoms with E-state index < -0.39 is 16.7 Å². The Morgan fingerprint density at radius 3 is 2.58 bits per heavy atom. The van der Waals surface area contributed by atoms with Crippen LogP contribution in [0.3, 0.4) is 0 Å². The highest BCUT2D eigenvalue weighted by molar-refractivity contribution is 9.10. The predicted molar refractivity (Wildman–Crippen MR) is 100 cm³/mol. The highest BCUT2D eigenvalue weighted by Gasteiger charge is 2.15. The van der Waals surface area contributed by atoms with Gasteiger partial charge in [0.25, 0.3) is 17.5 Å². The van der Waals surface area contributed by atoms with Gasteiger partial charge in [0.1, 0.15) is 0 Å². The molecule has 2 N–H and O–H groups in total. The van der Waals surface area contributed by atoms with E-state index in [1.54, 1.807) is 6.92 Å². The monoisotopic (exact) mass is 418 g/mol. The number of benzene rings is 2. The van der Waals surface area contributed by atoms with Crippen LogP contribution in [0.25, 0.3) is 0 Å². The van der Waals surface area contributed by atoms with E-state index in [9.17, 15) is 19.7 Å². The van der Waals surface area contributed by atoms with Gasteiger partial charge in [-0.3, -0.25) is 19.7 Å². The van der Waals surface area contributed by atoms with E-state index in [4.69, 9.17) is 0 Å². The Balaban J connectivity index is 1.87. The summed E-state index contributed by atoms with van der Waals surface area (Å²) in [5.41, 5.74) is 3.49. The van der Waals surface area contributed by atoms with Gasteiger partial charge in [0, 0.05) is 21.7 Å². The van der Waals surface area contributed by atoms with E-state index in [0.717, 1.165) is 10.0 Å². The molecular formula is C17H15BrN4O4. The molecule has 0 atom stereocenters. The molecule has 0 aromatic heterocycles. The second-order valence-electron chi connectivity index (χ2n) is 5.29. The Hall–Kier alpha value is -3.07. The summed E-state index contributed by atoms with van der Waals surface area (Å²) in [5, 5.41) is 17.1. The van der Waals surface area contributed by atoms with Crippen LogP contribution in [-0.4, -0.2) is 29.5 Å². The summed E-state index contributed by atoms with van der Waals surface area (Å²) in [4.78, 5) is 34.1. The highest BCUT2D eigenvalue weighted by Crippen LogP contribution is 2.19. The van der Waals surface area contributed by atoms with Gasteiger partial charge >= 0.3 is 0 Å². The molecule has 0 unspecified atom stereocenters. The Morgan fingerprint density at radius 1 is 1.23 bits per heavy atom. The Kier molecular flexibility index (Phi) is 6.56. The smallest absolute Gasteiger partial charge is 0.273 e. The van der Waals surface area contributed by atoms with Gasteiger partial charge in [-0.25, -0.2) is 5.43 Å². The molecule has 2 amide bonds. The van der Waals surface area contributed by atoms with Gasteiger partial charge < -0.3 is 5.32 Å². The van der Waals surface area contributed by atoms with Crippen LogP contribution in [-0.2, 0) is 4.79 Å². The highest BCUT2D eigenvalue weighted by atomic mass is 79.9. The molecule has 2 rings (SSSR count). The summed E-state index contributed by atoms with van der Waals surface area (Å²) in [6, 6.07) is 11.4. The van der Waals surface area contributed by atoms with Gasteiger partial charge in [-0.05, 0) is 30.7 Å². The van der Waals surface area contributed by atoms with E-state index in [0.29, 0.717) is 5.56 Å². The first kappa shape index (κ1) is 19.3. The molecule has 0 aliphatic heterocycles. The zero-order valence-electron chi connectivity index (χ0n) is 13.7. The fourth-order valence-corrected chi connectivity index (χ4v) is 2.24. The molecule has 0 saturated heterocycles. The van der Waals surface area contributed by atoms with Crippen LogP contribution in [0.4, 0.5) is 5.69 Å². The van der Waals surface area contributed by atoms with Crippen molar-refractivity contribution in [2.45, 2.75) is 6.92 Å². The average Bonchev–Trinajstić information content (AvgIpc) is 2.61.